The van der Waals surface area contributed by atoms with E-state index in [4.69, 9.17) is 15.0 Å². The van der Waals surface area contributed by atoms with Crippen molar-refractivity contribution in [3.05, 3.63) is 41.0 Å². The molecule has 0 spiro atoms. The first-order valence-electron chi connectivity index (χ1n) is 8.19. The summed E-state index contributed by atoms with van der Waals surface area (Å²) in [6.45, 7) is 10.5. The third-order valence-corrected chi connectivity index (χ3v) is 4.09. The summed E-state index contributed by atoms with van der Waals surface area (Å²) in [4.78, 5) is 42.2. The van der Waals surface area contributed by atoms with Gasteiger partial charge in [0.25, 0.3) is 0 Å². The van der Waals surface area contributed by atoms with Gasteiger partial charge < -0.3 is 15.0 Å². The molecule has 0 saturated heterocycles. The van der Waals surface area contributed by atoms with Gasteiger partial charge in [0.1, 0.15) is 12.4 Å². The Hall–Kier alpha value is -2.15. The highest BCUT2D eigenvalue weighted by atomic mass is 31.2. The van der Waals surface area contributed by atoms with E-state index in [2.05, 4.69) is 6.58 Å². The van der Waals surface area contributed by atoms with E-state index in [1.807, 2.05) is 0 Å². The van der Waals surface area contributed by atoms with Crippen molar-refractivity contribution in [1.82, 2.24) is 0 Å². The molecule has 0 aliphatic rings. The van der Waals surface area contributed by atoms with E-state index in [0.717, 1.165) is 0 Å². The third kappa shape index (κ3) is 7.54. The summed E-state index contributed by atoms with van der Waals surface area (Å²) in [6, 6.07) is 3.12. The van der Waals surface area contributed by atoms with Crippen molar-refractivity contribution in [2.45, 2.75) is 46.0 Å². The molecule has 4 N–H and O–H groups in total. The number of amides is 1. The molecule has 1 aromatic rings. The van der Waals surface area contributed by atoms with Crippen molar-refractivity contribution < 1.29 is 33.2 Å². The van der Waals surface area contributed by atoms with Gasteiger partial charge in [-0.25, -0.2) is 4.57 Å². The van der Waals surface area contributed by atoms with Crippen molar-refractivity contribution in [2.75, 3.05) is 6.61 Å². The zero-order valence-corrected chi connectivity index (χ0v) is 16.8. The van der Waals surface area contributed by atoms with Crippen molar-refractivity contribution in [1.29, 1.82) is 0 Å². The Labute approximate surface area is 158 Å². The van der Waals surface area contributed by atoms with Gasteiger partial charge in [-0.15, -0.1) is 0 Å². The van der Waals surface area contributed by atoms with E-state index in [1.165, 1.54) is 6.07 Å². The van der Waals surface area contributed by atoms with Crippen LogP contribution in [0.25, 0.3) is 0 Å². The summed E-state index contributed by atoms with van der Waals surface area (Å²) in [5.74, 6) is -1.24. The second-order valence-corrected chi connectivity index (χ2v) is 8.36. The third-order valence-electron chi connectivity index (χ3n) is 3.65. The Morgan fingerprint density at radius 2 is 1.89 bits per heavy atom. The molecule has 9 heteroatoms. The molecule has 27 heavy (non-hydrogen) atoms. The van der Waals surface area contributed by atoms with Crippen LogP contribution < -0.4 is 10.3 Å². The number of primary amides is 1. The first-order valence-corrected chi connectivity index (χ1v) is 9.72. The Morgan fingerprint density at radius 3 is 2.37 bits per heavy atom. The van der Waals surface area contributed by atoms with Crippen molar-refractivity contribution in [3.63, 3.8) is 0 Å². The molecule has 0 saturated carbocycles. The lowest BCUT2D eigenvalue weighted by atomic mass is 9.77. The van der Waals surface area contributed by atoms with Crippen LogP contribution in [-0.4, -0.2) is 28.3 Å². The number of rotatable bonds is 9. The van der Waals surface area contributed by atoms with Crippen LogP contribution in [0.4, 0.5) is 0 Å². The number of carbonyl (C=O) groups is 2. The number of ether oxygens (including phenoxy) is 1. The average Bonchev–Trinajstić information content (AvgIpc) is 2.40. The van der Waals surface area contributed by atoms with E-state index in [1.54, 1.807) is 33.8 Å². The first kappa shape index (κ1) is 22.9. The normalized spacial score (nSPS) is 11.8. The molecule has 1 aromatic carbocycles. The van der Waals surface area contributed by atoms with Crippen molar-refractivity contribution in [3.8, 4) is 5.75 Å². The van der Waals surface area contributed by atoms with Crippen LogP contribution in [0.15, 0.2) is 24.3 Å². The van der Waals surface area contributed by atoms with Crippen LogP contribution in [0, 0.1) is 6.92 Å². The minimum Gasteiger partial charge on any atom is -0.461 e. The quantitative estimate of drug-likeness (QED) is 0.329. The summed E-state index contributed by atoms with van der Waals surface area (Å²) in [6.07, 6.45) is -0.272. The van der Waals surface area contributed by atoms with Gasteiger partial charge in [0.15, 0.2) is 0 Å². The van der Waals surface area contributed by atoms with Crippen LogP contribution in [0.1, 0.15) is 43.9 Å². The van der Waals surface area contributed by atoms with Gasteiger partial charge in [-0.05, 0) is 36.6 Å². The zero-order valence-electron chi connectivity index (χ0n) is 15.9. The fourth-order valence-electron chi connectivity index (χ4n) is 2.83. The molecule has 0 fully saturated rings. The summed E-state index contributed by atoms with van der Waals surface area (Å²) in [5.41, 5.74) is 6.42. The Kier molecular flexibility index (Phi) is 7.37. The molecule has 0 bridgehead atoms. The maximum Gasteiger partial charge on any atom is 0.524 e. The number of phosphoric ester groups is 1. The summed E-state index contributed by atoms with van der Waals surface area (Å²) in [7, 11) is -4.86. The molecule has 0 aliphatic carbocycles. The van der Waals surface area contributed by atoms with E-state index in [-0.39, 0.29) is 25.2 Å². The van der Waals surface area contributed by atoms with Crippen LogP contribution >= 0.6 is 7.82 Å². The minimum atomic E-state index is -4.86. The van der Waals surface area contributed by atoms with E-state index >= 15 is 0 Å². The number of nitrogens with two attached hydrogens (primary N) is 1. The molecule has 0 aromatic heterocycles. The number of aryl methyl sites for hydroxylation is 1. The smallest absolute Gasteiger partial charge is 0.461 e. The Morgan fingerprint density at radius 1 is 1.30 bits per heavy atom. The Bertz CT molecular complexity index is 795. The maximum absolute atomic E-state index is 12.2. The minimum absolute atomic E-state index is 0.0722. The lowest BCUT2D eigenvalue weighted by Crippen LogP contribution is -2.27. The molecular formula is C18H26NO7P. The zero-order chi connectivity index (χ0) is 21.0. The molecule has 0 aliphatic heterocycles. The maximum atomic E-state index is 12.2. The fraction of sp³-hybridized carbons (Fsp3) is 0.444. The summed E-state index contributed by atoms with van der Waals surface area (Å²) < 4.78 is 21.4. The molecule has 1 rings (SSSR count). The van der Waals surface area contributed by atoms with Gasteiger partial charge in [-0.2, -0.15) is 0 Å². The van der Waals surface area contributed by atoms with Gasteiger partial charge in [-0.1, -0.05) is 26.5 Å². The molecule has 0 atom stereocenters. The molecule has 8 nitrogen and oxygen atoms in total. The average molecular weight is 399 g/mol. The van der Waals surface area contributed by atoms with Crippen LogP contribution in [0.5, 0.6) is 5.75 Å². The number of hydrogen-bond donors (Lipinski definition) is 3. The largest absolute Gasteiger partial charge is 0.524 e. The van der Waals surface area contributed by atoms with Gasteiger partial charge in [0, 0.05) is 11.0 Å². The standard InChI is InChI=1S/C18H26NO7P/c1-11(2)10-25-16(21)9-18(4,5)17-13(8-15(19)20)6-12(3)7-14(17)26-27(22,23)24/h6-7H,1,8-10H2,2-5H3,(H2,19,20)(H2,22,23,24). The highest BCUT2D eigenvalue weighted by molar-refractivity contribution is 7.46. The van der Waals surface area contributed by atoms with Gasteiger partial charge in [0.2, 0.25) is 5.91 Å². The summed E-state index contributed by atoms with van der Waals surface area (Å²) >= 11 is 0. The molecule has 150 valence electrons. The Balaban J connectivity index is 3.41. The second-order valence-electron chi connectivity index (χ2n) is 7.20. The number of esters is 1. The van der Waals surface area contributed by atoms with E-state index in [0.29, 0.717) is 22.3 Å². The number of benzene rings is 1. The number of carbonyl (C=O) groups excluding carboxylic acids is 2. The van der Waals surface area contributed by atoms with Crippen molar-refractivity contribution >= 4 is 19.7 Å². The monoisotopic (exact) mass is 399 g/mol. The van der Waals surface area contributed by atoms with Crippen molar-refractivity contribution in [2.24, 2.45) is 5.73 Å². The predicted octanol–water partition coefficient (Wildman–Crippen LogP) is 2.28. The van der Waals surface area contributed by atoms with E-state index in [9.17, 15) is 23.9 Å². The SMILES string of the molecule is C=C(C)COC(=O)CC(C)(C)c1c(CC(N)=O)cc(C)cc1OP(=O)(O)O. The second kappa shape index (κ2) is 8.69. The molecular weight excluding hydrogens is 373 g/mol. The number of hydrogen-bond acceptors (Lipinski definition) is 5. The summed E-state index contributed by atoms with van der Waals surface area (Å²) in [5, 5.41) is 0. The fourth-order valence-corrected chi connectivity index (χ4v) is 3.23. The topological polar surface area (TPSA) is 136 Å². The highest BCUT2D eigenvalue weighted by Crippen LogP contribution is 2.45. The van der Waals surface area contributed by atoms with Crippen LogP contribution in [-0.2, 0) is 30.7 Å². The van der Waals surface area contributed by atoms with Crippen LogP contribution in [0.2, 0.25) is 0 Å². The van der Waals surface area contributed by atoms with Gasteiger partial charge in [-0.3, -0.25) is 19.4 Å². The lowest BCUT2D eigenvalue weighted by molar-refractivity contribution is -0.143. The molecule has 0 unspecified atom stereocenters. The number of phosphoric acid groups is 1. The molecule has 0 radical (unpaired) electrons. The van der Waals surface area contributed by atoms with E-state index < -0.39 is 25.1 Å². The highest BCUT2D eigenvalue weighted by Gasteiger charge is 2.33. The van der Waals surface area contributed by atoms with Gasteiger partial charge >= 0.3 is 13.8 Å². The lowest BCUT2D eigenvalue weighted by Gasteiger charge is -2.29. The first-order chi connectivity index (χ1) is 12.2. The molecule has 0 heterocycles. The van der Waals surface area contributed by atoms with Crippen LogP contribution in [0.3, 0.4) is 0 Å². The molecule has 1 amide bonds. The predicted molar refractivity (Wildman–Crippen MR) is 100 cm³/mol. The van der Waals surface area contributed by atoms with Gasteiger partial charge in [0.05, 0.1) is 12.8 Å².